The van der Waals surface area contributed by atoms with Crippen molar-refractivity contribution in [2.45, 2.75) is 52.0 Å². The van der Waals surface area contributed by atoms with E-state index in [2.05, 4.69) is 29.5 Å². The summed E-state index contributed by atoms with van der Waals surface area (Å²) in [5.74, 6) is 0.958. The summed E-state index contributed by atoms with van der Waals surface area (Å²) in [6, 6.07) is 2.62. The zero-order chi connectivity index (χ0) is 10.8. The molecule has 1 heterocycles. The van der Waals surface area contributed by atoms with Gasteiger partial charge in [0.1, 0.15) is 5.82 Å². The van der Waals surface area contributed by atoms with Gasteiger partial charge in [0.05, 0.1) is 18.2 Å². The Labute approximate surface area is 90.7 Å². The second-order valence-electron chi connectivity index (χ2n) is 4.43. The molecule has 0 aliphatic heterocycles. The Kier molecular flexibility index (Phi) is 2.77. The molecule has 2 rings (SSSR count). The van der Waals surface area contributed by atoms with Gasteiger partial charge in [-0.15, -0.1) is 0 Å². The van der Waals surface area contributed by atoms with E-state index in [-0.39, 0.29) is 0 Å². The first-order valence-corrected chi connectivity index (χ1v) is 5.70. The lowest BCUT2D eigenvalue weighted by Gasteiger charge is -2.17. The Balaban J connectivity index is 2.47. The summed E-state index contributed by atoms with van der Waals surface area (Å²) in [5.41, 5.74) is 2.61. The molecule has 0 bridgehead atoms. The number of rotatable bonds is 2. The maximum Gasteiger partial charge on any atom is 0.123 e. The van der Waals surface area contributed by atoms with Crippen LogP contribution in [0.4, 0.5) is 0 Å². The lowest BCUT2D eigenvalue weighted by atomic mass is 10.0. The second-order valence-corrected chi connectivity index (χ2v) is 4.43. The van der Waals surface area contributed by atoms with Gasteiger partial charge in [-0.2, -0.15) is 5.26 Å². The van der Waals surface area contributed by atoms with Crippen LogP contribution in [0.15, 0.2) is 0 Å². The van der Waals surface area contributed by atoms with Gasteiger partial charge in [0, 0.05) is 11.7 Å². The fourth-order valence-electron chi connectivity index (χ4n) is 2.42. The molecule has 80 valence electrons. The first-order chi connectivity index (χ1) is 7.24. The van der Waals surface area contributed by atoms with Gasteiger partial charge in [-0.25, -0.2) is 4.98 Å². The van der Waals surface area contributed by atoms with E-state index in [1.54, 1.807) is 0 Å². The molecule has 3 nitrogen and oxygen atoms in total. The molecule has 1 aromatic rings. The highest BCUT2D eigenvalue weighted by Crippen LogP contribution is 2.25. The number of hydrogen-bond acceptors (Lipinski definition) is 2. The van der Waals surface area contributed by atoms with Crippen LogP contribution in [0, 0.1) is 11.3 Å². The summed E-state index contributed by atoms with van der Waals surface area (Å²) < 4.78 is 2.26. The Morgan fingerprint density at radius 1 is 1.40 bits per heavy atom. The summed E-state index contributed by atoms with van der Waals surface area (Å²) in [5, 5.41) is 8.78. The van der Waals surface area contributed by atoms with E-state index in [0.29, 0.717) is 12.5 Å². The molecule has 0 spiro atoms. The van der Waals surface area contributed by atoms with Crippen LogP contribution in [-0.4, -0.2) is 9.55 Å². The van der Waals surface area contributed by atoms with Crippen molar-refractivity contribution in [3.8, 4) is 6.07 Å². The quantitative estimate of drug-likeness (QED) is 0.740. The minimum absolute atomic E-state index is 0.419. The molecule has 3 heteroatoms. The molecule has 1 aromatic heterocycles. The van der Waals surface area contributed by atoms with Crippen LogP contribution >= 0.6 is 0 Å². The van der Waals surface area contributed by atoms with Crippen molar-refractivity contribution in [1.82, 2.24) is 9.55 Å². The average Bonchev–Trinajstić information content (AvgIpc) is 2.56. The predicted molar refractivity (Wildman–Crippen MR) is 58.6 cm³/mol. The lowest BCUT2D eigenvalue weighted by Crippen LogP contribution is -2.12. The van der Waals surface area contributed by atoms with Gasteiger partial charge in [0.25, 0.3) is 0 Å². The van der Waals surface area contributed by atoms with E-state index in [4.69, 9.17) is 5.26 Å². The van der Waals surface area contributed by atoms with Gasteiger partial charge in [-0.05, 0) is 39.5 Å². The molecule has 15 heavy (non-hydrogen) atoms. The van der Waals surface area contributed by atoms with Crippen LogP contribution < -0.4 is 0 Å². The molecule has 0 amide bonds. The highest BCUT2D eigenvalue weighted by Gasteiger charge is 2.20. The Morgan fingerprint density at radius 3 is 2.80 bits per heavy atom. The summed E-state index contributed by atoms with van der Waals surface area (Å²) >= 11 is 0. The lowest BCUT2D eigenvalue weighted by molar-refractivity contribution is 0.534. The van der Waals surface area contributed by atoms with E-state index in [1.807, 2.05) is 0 Å². The molecule has 1 aliphatic carbocycles. The summed E-state index contributed by atoms with van der Waals surface area (Å²) in [7, 11) is 0. The summed E-state index contributed by atoms with van der Waals surface area (Å²) in [6.45, 7) is 4.33. The maximum absolute atomic E-state index is 8.78. The fraction of sp³-hybridized carbons (Fsp3) is 0.667. The highest BCUT2D eigenvalue weighted by atomic mass is 15.1. The standard InChI is InChI=1S/C12H17N3/c1-9(2)15-11-6-4-3-5-10(11)14-12(15)7-8-13/h9H,3-7H2,1-2H3. The van der Waals surface area contributed by atoms with Gasteiger partial charge >= 0.3 is 0 Å². The third-order valence-corrected chi connectivity index (χ3v) is 3.00. The Bertz CT molecular complexity index is 396. The highest BCUT2D eigenvalue weighted by molar-refractivity contribution is 5.22. The van der Waals surface area contributed by atoms with Crippen LogP contribution in [0.1, 0.15) is 49.9 Å². The van der Waals surface area contributed by atoms with E-state index in [0.717, 1.165) is 18.7 Å². The number of hydrogen-bond donors (Lipinski definition) is 0. The molecule has 0 unspecified atom stereocenters. The zero-order valence-electron chi connectivity index (χ0n) is 9.45. The van der Waals surface area contributed by atoms with Crippen LogP contribution in [0.5, 0.6) is 0 Å². The van der Waals surface area contributed by atoms with Crippen molar-refractivity contribution in [2.24, 2.45) is 0 Å². The molecule has 0 saturated carbocycles. The smallest absolute Gasteiger partial charge is 0.123 e. The molecule has 0 fully saturated rings. The van der Waals surface area contributed by atoms with Gasteiger partial charge in [-0.3, -0.25) is 0 Å². The van der Waals surface area contributed by atoms with Crippen molar-refractivity contribution < 1.29 is 0 Å². The molecule has 1 aliphatic rings. The first kappa shape index (κ1) is 10.2. The van der Waals surface area contributed by atoms with Crippen molar-refractivity contribution in [2.75, 3.05) is 0 Å². The van der Waals surface area contributed by atoms with Crippen molar-refractivity contribution >= 4 is 0 Å². The monoisotopic (exact) mass is 203 g/mol. The van der Waals surface area contributed by atoms with Crippen LogP contribution in [0.25, 0.3) is 0 Å². The fourth-order valence-corrected chi connectivity index (χ4v) is 2.42. The van der Waals surface area contributed by atoms with E-state index in [9.17, 15) is 0 Å². The van der Waals surface area contributed by atoms with Crippen LogP contribution in [0.3, 0.4) is 0 Å². The topological polar surface area (TPSA) is 41.6 Å². The van der Waals surface area contributed by atoms with Gasteiger partial charge in [-0.1, -0.05) is 0 Å². The molecule has 0 saturated heterocycles. The molecular weight excluding hydrogens is 186 g/mol. The number of nitrogens with zero attached hydrogens (tertiary/aromatic N) is 3. The van der Waals surface area contributed by atoms with Crippen LogP contribution in [0.2, 0.25) is 0 Å². The molecule has 0 atom stereocenters. The predicted octanol–water partition coefficient (Wildman–Crippen LogP) is 2.41. The molecule has 0 radical (unpaired) electrons. The Morgan fingerprint density at radius 2 is 2.13 bits per heavy atom. The largest absolute Gasteiger partial charge is 0.328 e. The third-order valence-electron chi connectivity index (χ3n) is 3.00. The summed E-state index contributed by atoms with van der Waals surface area (Å²) in [6.07, 6.45) is 5.16. The number of nitriles is 1. The van der Waals surface area contributed by atoms with Crippen LogP contribution in [-0.2, 0) is 19.3 Å². The normalized spacial score (nSPS) is 15.1. The number of aryl methyl sites for hydroxylation is 1. The van der Waals surface area contributed by atoms with E-state index >= 15 is 0 Å². The average molecular weight is 203 g/mol. The maximum atomic E-state index is 8.78. The second kappa shape index (κ2) is 4.06. The number of imidazole rings is 1. The van der Waals surface area contributed by atoms with E-state index < -0.39 is 0 Å². The minimum atomic E-state index is 0.419. The minimum Gasteiger partial charge on any atom is -0.328 e. The number of aromatic nitrogens is 2. The summed E-state index contributed by atoms with van der Waals surface area (Å²) in [4.78, 5) is 4.60. The van der Waals surface area contributed by atoms with Gasteiger partial charge in [0.2, 0.25) is 0 Å². The molecule has 0 N–H and O–H groups in total. The van der Waals surface area contributed by atoms with Gasteiger partial charge < -0.3 is 4.57 Å². The first-order valence-electron chi connectivity index (χ1n) is 5.70. The SMILES string of the molecule is CC(C)n1c(CC#N)nc2c1CCCC2. The number of fused-ring (bicyclic) bond motifs is 1. The molecule has 0 aromatic carbocycles. The van der Waals surface area contributed by atoms with Crippen molar-refractivity contribution in [3.05, 3.63) is 17.2 Å². The van der Waals surface area contributed by atoms with Gasteiger partial charge in [0.15, 0.2) is 0 Å². The molecular formula is C12H17N3. The third kappa shape index (κ3) is 1.77. The van der Waals surface area contributed by atoms with E-state index in [1.165, 1.54) is 24.2 Å². The Hall–Kier alpha value is -1.30. The zero-order valence-corrected chi connectivity index (χ0v) is 9.45. The van der Waals surface area contributed by atoms with Crippen molar-refractivity contribution in [1.29, 1.82) is 5.26 Å². The van der Waals surface area contributed by atoms with Crippen molar-refractivity contribution in [3.63, 3.8) is 0 Å².